The lowest BCUT2D eigenvalue weighted by molar-refractivity contribution is -0.120. The topological polar surface area (TPSA) is 46.2 Å². The number of rotatable bonds is 5. The minimum atomic E-state index is -0.184. The Morgan fingerprint density at radius 2 is 1.95 bits per heavy atom. The van der Waals surface area contributed by atoms with Crippen LogP contribution in [0.4, 0.5) is 0 Å². The molecule has 0 fully saturated rings. The molecule has 2 aromatic rings. The Hall–Kier alpha value is -2.20. The first-order valence-electron chi connectivity index (χ1n) is 5.82. The molecule has 0 saturated carbocycles. The number of amides is 1. The first-order valence-corrected chi connectivity index (χ1v) is 6.70. The molecule has 4 heteroatoms. The van der Waals surface area contributed by atoms with Gasteiger partial charge in [-0.25, -0.2) is 0 Å². The van der Waals surface area contributed by atoms with Gasteiger partial charge in [-0.1, -0.05) is 36.4 Å². The van der Waals surface area contributed by atoms with Crippen LogP contribution in [0, 0.1) is 0 Å². The van der Waals surface area contributed by atoms with Crippen molar-refractivity contribution < 1.29 is 9.59 Å². The summed E-state index contributed by atoms with van der Waals surface area (Å²) in [5.74, 6) is -0.184. The quantitative estimate of drug-likeness (QED) is 0.671. The van der Waals surface area contributed by atoms with Gasteiger partial charge in [0.1, 0.15) is 0 Å². The van der Waals surface area contributed by atoms with Crippen LogP contribution in [-0.4, -0.2) is 12.2 Å². The Labute approximate surface area is 115 Å². The zero-order valence-corrected chi connectivity index (χ0v) is 11.0. The van der Waals surface area contributed by atoms with Crippen molar-refractivity contribution in [3.05, 3.63) is 64.0 Å². The van der Waals surface area contributed by atoms with Crippen molar-refractivity contribution in [2.75, 3.05) is 0 Å². The van der Waals surface area contributed by atoms with Crippen LogP contribution in [-0.2, 0) is 16.0 Å². The summed E-state index contributed by atoms with van der Waals surface area (Å²) in [5, 5.41) is 4.53. The average molecular weight is 271 g/mol. The predicted molar refractivity (Wildman–Crippen MR) is 76.6 cm³/mol. The summed E-state index contributed by atoms with van der Waals surface area (Å²) < 4.78 is 0. The van der Waals surface area contributed by atoms with Crippen molar-refractivity contribution in [1.29, 1.82) is 0 Å². The fourth-order valence-electron chi connectivity index (χ4n) is 1.60. The van der Waals surface area contributed by atoms with Gasteiger partial charge in [-0.15, -0.1) is 11.3 Å². The largest absolute Gasteiger partial charge is 0.323 e. The first-order chi connectivity index (χ1) is 9.28. The van der Waals surface area contributed by atoms with Gasteiger partial charge in [-0.3, -0.25) is 9.59 Å². The fourth-order valence-corrected chi connectivity index (χ4v) is 2.31. The van der Waals surface area contributed by atoms with Gasteiger partial charge in [0.25, 0.3) is 0 Å². The van der Waals surface area contributed by atoms with Crippen molar-refractivity contribution in [3.8, 4) is 0 Å². The Bertz CT molecular complexity index is 573. The van der Waals surface area contributed by atoms with Gasteiger partial charge in [0.15, 0.2) is 6.29 Å². The molecule has 3 nitrogen and oxygen atoms in total. The van der Waals surface area contributed by atoms with Crippen LogP contribution in [0.25, 0.3) is 6.08 Å². The molecule has 0 saturated heterocycles. The smallest absolute Gasteiger partial charge is 0.229 e. The van der Waals surface area contributed by atoms with Crippen LogP contribution >= 0.6 is 11.3 Å². The van der Waals surface area contributed by atoms with E-state index in [0.29, 0.717) is 6.29 Å². The van der Waals surface area contributed by atoms with Crippen molar-refractivity contribution in [3.63, 3.8) is 0 Å². The monoisotopic (exact) mass is 271 g/mol. The molecule has 2 rings (SSSR count). The maximum Gasteiger partial charge on any atom is 0.229 e. The maximum atomic E-state index is 11.8. The van der Waals surface area contributed by atoms with E-state index in [9.17, 15) is 9.59 Å². The number of nitrogens with one attached hydrogen (secondary N) is 1. The van der Waals surface area contributed by atoms with E-state index in [0.717, 1.165) is 10.4 Å². The van der Waals surface area contributed by atoms with Gasteiger partial charge in [0.05, 0.1) is 12.1 Å². The second-order valence-electron chi connectivity index (χ2n) is 3.93. The Morgan fingerprint density at radius 3 is 2.58 bits per heavy atom. The predicted octanol–water partition coefficient (Wildman–Crippen LogP) is 2.65. The standard InChI is InChI=1S/C15H13NO2S/c17-11-13(9-12-5-2-1-3-6-12)16-15(18)10-14-7-4-8-19-14/h1-9,11H,10H2,(H,16,18). The third-order valence-electron chi connectivity index (χ3n) is 2.45. The molecule has 0 aliphatic rings. The Morgan fingerprint density at radius 1 is 1.16 bits per heavy atom. The van der Waals surface area contributed by atoms with E-state index in [-0.39, 0.29) is 18.0 Å². The van der Waals surface area contributed by atoms with Crippen molar-refractivity contribution in [1.82, 2.24) is 5.32 Å². The summed E-state index contributed by atoms with van der Waals surface area (Å²) in [4.78, 5) is 23.7. The highest BCUT2D eigenvalue weighted by molar-refractivity contribution is 7.10. The summed E-state index contributed by atoms with van der Waals surface area (Å²) in [6.45, 7) is 0. The van der Waals surface area contributed by atoms with E-state index in [4.69, 9.17) is 0 Å². The SMILES string of the molecule is O=CC(=Cc1ccccc1)NC(=O)Cc1cccs1. The van der Waals surface area contributed by atoms with E-state index in [1.54, 1.807) is 6.08 Å². The molecule has 1 heterocycles. The van der Waals surface area contributed by atoms with Crippen LogP contribution in [0.2, 0.25) is 0 Å². The molecule has 0 spiro atoms. The summed E-state index contributed by atoms with van der Waals surface area (Å²) in [7, 11) is 0. The van der Waals surface area contributed by atoms with Crippen LogP contribution < -0.4 is 5.32 Å². The molecule has 0 unspecified atom stereocenters. The van der Waals surface area contributed by atoms with E-state index >= 15 is 0 Å². The normalized spacial score (nSPS) is 11.1. The highest BCUT2D eigenvalue weighted by Gasteiger charge is 2.06. The number of carbonyl (C=O) groups excluding carboxylic acids is 2. The Kier molecular flexibility index (Phi) is 4.64. The molecule has 0 atom stereocenters. The number of benzene rings is 1. The third kappa shape index (κ3) is 4.19. The number of aldehydes is 1. The van der Waals surface area contributed by atoms with Crippen LogP contribution in [0.1, 0.15) is 10.4 Å². The minimum Gasteiger partial charge on any atom is -0.323 e. The molecule has 0 bridgehead atoms. The molecule has 1 amide bonds. The number of thiophene rings is 1. The lowest BCUT2D eigenvalue weighted by Crippen LogP contribution is -2.24. The zero-order chi connectivity index (χ0) is 13.5. The second kappa shape index (κ2) is 6.66. The molecule has 96 valence electrons. The molecule has 1 N–H and O–H groups in total. The summed E-state index contributed by atoms with van der Waals surface area (Å²) in [6.07, 6.45) is 2.59. The first kappa shape index (κ1) is 13.2. The van der Waals surface area contributed by atoms with Gasteiger partial charge < -0.3 is 5.32 Å². The molecule has 19 heavy (non-hydrogen) atoms. The van der Waals surface area contributed by atoms with E-state index in [1.807, 2.05) is 47.8 Å². The van der Waals surface area contributed by atoms with E-state index < -0.39 is 0 Å². The molecular weight excluding hydrogens is 258 g/mol. The van der Waals surface area contributed by atoms with Crippen molar-refractivity contribution in [2.45, 2.75) is 6.42 Å². The highest BCUT2D eigenvalue weighted by Crippen LogP contribution is 2.09. The summed E-state index contributed by atoms with van der Waals surface area (Å²) in [6, 6.07) is 13.2. The fraction of sp³-hybridized carbons (Fsp3) is 0.0667. The molecule has 0 aliphatic heterocycles. The van der Waals surface area contributed by atoms with E-state index in [2.05, 4.69) is 5.32 Å². The summed E-state index contributed by atoms with van der Waals surface area (Å²) in [5.41, 5.74) is 1.15. The zero-order valence-electron chi connectivity index (χ0n) is 10.2. The van der Waals surface area contributed by atoms with Gasteiger partial charge in [0, 0.05) is 4.88 Å². The van der Waals surface area contributed by atoms with Crippen LogP contribution in [0.3, 0.4) is 0 Å². The molecule has 1 aromatic heterocycles. The third-order valence-corrected chi connectivity index (χ3v) is 3.32. The van der Waals surface area contributed by atoms with Crippen LogP contribution in [0.5, 0.6) is 0 Å². The second-order valence-corrected chi connectivity index (χ2v) is 4.96. The number of carbonyl (C=O) groups is 2. The number of hydrogen-bond acceptors (Lipinski definition) is 3. The average Bonchev–Trinajstić information content (AvgIpc) is 2.92. The Balaban J connectivity index is 2.01. The lowest BCUT2D eigenvalue weighted by atomic mass is 10.2. The number of allylic oxidation sites excluding steroid dienone is 1. The van der Waals surface area contributed by atoms with Gasteiger partial charge >= 0.3 is 0 Å². The summed E-state index contributed by atoms with van der Waals surface area (Å²) >= 11 is 1.52. The molecule has 0 radical (unpaired) electrons. The van der Waals surface area contributed by atoms with Gasteiger partial charge in [-0.05, 0) is 23.1 Å². The molecular formula is C15H13NO2S. The van der Waals surface area contributed by atoms with Gasteiger partial charge in [-0.2, -0.15) is 0 Å². The lowest BCUT2D eigenvalue weighted by Gasteiger charge is -2.03. The highest BCUT2D eigenvalue weighted by atomic mass is 32.1. The maximum absolute atomic E-state index is 11.8. The van der Waals surface area contributed by atoms with Gasteiger partial charge in [0.2, 0.25) is 5.91 Å². The minimum absolute atomic E-state index is 0.184. The van der Waals surface area contributed by atoms with Crippen molar-refractivity contribution >= 4 is 29.6 Å². The number of hydrogen-bond donors (Lipinski definition) is 1. The van der Waals surface area contributed by atoms with Crippen molar-refractivity contribution in [2.24, 2.45) is 0 Å². The van der Waals surface area contributed by atoms with E-state index in [1.165, 1.54) is 11.3 Å². The molecule has 1 aromatic carbocycles. The molecule has 0 aliphatic carbocycles. The van der Waals surface area contributed by atoms with Crippen LogP contribution in [0.15, 0.2) is 53.5 Å².